The number of anilines is 1. The van der Waals surface area contributed by atoms with Crippen molar-refractivity contribution in [1.82, 2.24) is 0 Å². The maximum atomic E-state index is 12.3. The van der Waals surface area contributed by atoms with E-state index >= 15 is 0 Å². The van der Waals surface area contributed by atoms with Crippen LogP contribution in [0.1, 0.15) is 37.6 Å². The summed E-state index contributed by atoms with van der Waals surface area (Å²) in [4.78, 5) is 37.8. The number of esters is 2. The van der Waals surface area contributed by atoms with Crippen LogP contribution in [0.3, 0.4) is 0 Å². The second-order valence-electron chi connectivity index (χ2n) is 6.54. The molecule has 152 valence electrons. The molecule has 2 heterocycles. The van der Waals surface area contributed by atoms with Crippen LogP contribution in [0.2, 0.25) is 0 Å². The second kappa shape index (κ2) is 8.12. The Bertz CT molecular complexity index is 981. The number of carbonyl (C=O) groups excluding carboxylic acids is 3. The van der Waals surface area contributed by atoms with Crippen molar-refractivity contribution in [1.29, 1.82) is 0 Å². The molecule has 0 spiro atoms. The van der Waals surface area contributed by atoms with Gasteiger partial charge in [-0.1, -0.05) is 0 Å². The predicted molar refractivity (Wildman–Crippen MR) is 104 cm³/mol. The van der Waals surface area contributed by atoms with E-state index in [1.807, 2.05) is 0 Å². The van der Waals surface area contributed by atoms with Crippen LogP contribution >= 0.6 is 11.3 Å². The monoisotopic (exact) mass is 417 g/mol. The van der Waals surface area contributed by atoms with Gasteiger partial charge >= 0.3 is 11.9 Å². The van der Waals surface area contributed by atoms with Crippen LogP contribution in [0, 0.1) is 0 Å². The number of amides is 1. The van der Waals surface area contributed by atoms with E-state index in [4.69, 9.17) is 18.9 Å². The molecule has 29 heavy (non-hydrogen) atoms. The number of thiophene rings is 1. The lowest BCUT2D eigenvalue weighted by molar-refractivity contribution is -0.119. The fourth-order valence-corrected chi connectivity index (χ4v) is 4.65. The van der Waals surface area contributed by atoms with Crippen LogP contribution in [0.15, 0.2) is 18.2 Å². The Balaban J connectivity index is 1.39. The van der Waals surface area contributed by atoms with Crippen molar-refractivity contribution in [3.63, 3.8) is 0 Å². The molecule has 1 aliphatic heterocycles. The molecular formula is C20H19NO7S. The molecule has 1 aromatic heterocycles. The van der Waals surface area contributed by atoms with Gasteiger partial charge in [0.15, 0.2) is 18.1 Å². The van der Waals surface area contributed by atoms with Crippen molar-refractivity contribution in [2.75, 3.05) is 32.2 Å². The molecule has 8 nitrogen and oxygen atoms in total. The summed E-state index contributed by atoms with van der Waals surface area (Å²) in [5, 5.41) is 3.10. The molecule has 9 heteroatoms. The Morgan fingerprint density at radius 2 is 1.90 bits per heavy atom. The van der Waals surface area contributed by atoms with E-state index in [0.29, 0.717) is 35.3 Å². The largest absolute Gasteiger partial charge is 0.486 e. The van der Waals surface area contributed by atoms with E-state index in [2.05, 4.69) is 5.32 Å². The number of hydrogen-bond acceptors (Lipinski definition) is 8. The number of ether oxygens (including phenoxy) is 4. The molecule has 2 aromatic rings. The molecule has 2 aliphatic rings. The van der Waals surface area contributed by atoms with Crippen molar-refractivity contribution in [3.8, 4) is 11.5 Å². The Morgan fingerprint density at radius 1 is 1.10 bits per heavy atom. The number of hydrogen-bond donors (Lipinski definition) is 1. The van der Waals surface area contributed by atoms with Crippen LogP contribution in [0.4, 0.5) is 5.00 Å². The van der Waals surface area contributed by atoms with Crippen molar-refractivity contribution in [3.05, 3.63) is 39.8 Å². The summed E-state index contributed by atoms with van der Waals surface area (Å²) in [6, 6.07) is 4.70. The second-order valence-corrected chi connectivity index (χ2v) is 7.64. The third kappa shape index (κ3) is 3.91. The number of rotatable bonds is 5. The lowest BCUT2D eigenvalue weighted by Gasteiger charge is -2.18. The van der Waals surface area contributed by atoms with Gasteiger partial charge in [0.1, 0.15) is 18.2 Å². The molecule has 4 rings (SSSR count). The molecule has 1 amide bonds. The van der Waals surface area contributed by atoms with Crippen molar-refractivity contribution < 1.29 is 33.3 Å². The number of aryl methyl sites for hydroxylation is 1. The predicted octanol–water partition coefficient (Wildman–Crippen LogP) is 2.59. The Labute approximate surface area is 170 Å². The van der Waals surface area contributed by atoms with Crippen LogP contribution in [-0.2, 0) is 27.1 Å². The highest BCUT2D eigenvalue weighted by molar-refractivity contribution is 7.17. The third-order valence-corrected chi connectivity index (χ3v) is 5.88. The molecule has 0 fully saturated rings. The van der Waals surface area contributed by atoms with Crippen LogP contribution in [0.5, 0.6) is 11.5 Å². The highest BCUT2D eigenvalue weighted by atomic mass is 32.1. The van der Waals surface area contributed by atoms with Gasteiger partial charge in [-0.25, -0.2) is 9.59 Å². The molecular weight excluding hydrogens is 398 g/mol. The Morgan fingerprint density at radius 3 is 2.69 bits per heavy atom. The molecule has 1 aliphatic carbocycles. The topological polar surface area (TPSA) is 100 Å². The van der Waals surface area contributed by atoms with E-state index < -0.39 is 24.5 Å². The smallest absolute Gasteiger partial charge is 0.341 e. The summed E-state index contributed by atoms with van der Waals surface area (Å²) < 4.78 is 20.8. The first kappa shape index (κ1) is 19.3. The fraction of sp³-hybridized carbons (Fsp3) is 0.350. The maximum absolute atomic E-state index is 12.3. The minimum atomic E-state index is -0.654. The number of carbonyl (C=O) groups is 3. The van der Waals surface area contributed by atoms with Crippen LogP contribution in [-0.4, -0.2) is 44.8 Å². The minimum absolute atomic E-state index is 0.257. The number of nitrogens with one attached hydrogen (secondary N) is 1. The highest BCUT2D eigenvalue weighted by Gasteiger charge is 2.28. The summed E-state index contributed by atoms with van der Waals surface area (Å²) >= 11 is 1.36. The average Bonchev–Trinajstić information content (AvgIpc) is 3.32. The molecule has 0 saturated carbocycles. The summed E-state index contributed by atoms with van der Waals surface area (Å²) in [5.41, 5.74) is 1.59. The average molecular weight is 417 g/mol. The summed E-state index contributed by atoms with van der Waals surface area (Å²) in [5.74, 6) is -0.634. The van der Waals surface area contributed by atoms with E-state index in [0.717, 1.165) is 29.7 Å². The zero-order chi connectivity index (χ0) is 20.4. The number of fused-ring (bicyclic) bond motifs is 2. The lowest BCUT2D eigenvalue weighted by Crippen LogP contribution is -2.22. The Kier molecular flexibility index (Phi) is 5.39. The molecule has 0 bridgehead atoms. The first-order valence-electron chi connectivity index (χ1n) is 9.16. The van der Waals surface area contributed by atoms with Gasteiger partial charge in [0.2, 0.25) is 0 Å². The van der Waals surface area contributed by atoms with Crippen LogP contribution in [0.25, 0.3) is 0 Å². The zero-order valence-corrected chi connectivity index (χ0v) is 16.6. The van der Waals surface area contributed by atoms with Gasteiger partial charge < -0.3 is 24.3 Å². The normalized spacial score (nSPS) is 14.1. The molecule has 1 aromatic carbocycles. The van der Waals surface area contributed by atoms with Gasteiger partial charge in [-0.05, 0) is 43.0 Å². The Hall–Kier alpha value is -3.07. The van der Waals surface area contributed by atoms with E-state index in [-0.39, 0.29) is 5.56 Å². The van der Waals surface area contributed by atoms with Gasteiger partial charge in [0.05, 0.1) is 18.2 Å². The maximum Gasteiger partial charge on any atom is 0.341 e. The number of methoxy groups -OCH3 is 1. The summed E-state index contributed by atoms with van der Waals surface area (Å²) in [7, 11) is 1.31. The van der Waals surface area contributed by atoms with Gasteiger partial charge in [-0.2, -0.15) is 0 Å². The minimum Gasteiger partial charge on any atom is -0.486 e. The molecule has 0 radical (unpaired) electrons. The van der Waals surface area contributed by atoms with Crippen molar-refractivity contribution in [2.45, 2.75) is 19.3 Å². The van der Waals surface area contributed by atoms with Crippen LogP contribution < -0.4 is 14.8 Å². The summed E-state index contributed by atoms with van der Waals surface area (Å²) in [6.45, 7) is 0.383. The van der Waals surface area contributed by atoms with E-state index in [1.165, 1.54) is 24.5 Å². The van der Waals surface area contributed by atoms with Crippen molar-refractivity contribution >= 4 is 34.2 Å². The first-order chi connectivity index (χ1) is 14.1. The number of benzene rings is 1. The molecule has 0 unspecified atom stereocenters. The van der Waals surface area contributed by atoms with Gasteiger partial charge in [0, 0.05) is 4.88 Å². The van der Waals surface area contributed by atoms with Gasteiger partial charge in [-0.15, -0.1) is 11.3 Å². The first-order valence-corrected chi connectivity index (χ1v) is 9.98. The SMILES string of the molecule is COC(=O)c1c(NC(=O)COC(=O)c2ccc3c(c2)OCCO3)sc2c1CCC2. The van der Waals surface area contributed by atoms with E-state index in [9.17, 15) is 14.4 Å². The van der Waals surface area contributed by atoms with E-state index in [1.54, 1.807) is 12.1 Å². The van der Waals surface area contributed by atoms with Gasteiger partial charge in [0.25, 0.3) is 5.91 Å². The lowest BCUT2D eigenvalue weighted by atomic mass is 10.1. The molecule has 0 atom stereocenters. The standard InChI is InChI=1S/C20H19NO7S/c1-25-20(24)17-12-3-2-4-15(12)29-18(17)21-16(22)10-28-19(23)11-5-6-13-14(9-11)27-8-7-26-13/h5-6,9H,2-4,7-8,10H2,1H3,(H,21,22). The zero-order valence-electron chi connectivity index (χ0n) is 15.7. The van der Waals surface area contributed by atoms with Gasteiger partial charge in [-0.3, -0.25) is 4.79 Å². The molecule has 0 saturated heterocycles. The van der Waals surface area contributed by atoms with Crippen molar-refractivity contribution in [2.24, 2.45) is 0 Å². The highest BCUT2D eigenvalue weighted by Crippen LogP contribution is 2.39. The third-order valence-electron chi connectivity index (χ3n) is 4.68. The summed E-state index contributed by atoms with van der Waals surface area (Å²) in [6.07, 6.45) is 2.64. The molecule has 1 N–H and O–H groups in total. The fourth-order valence-electron chi connectivity index (χ4n) is 3.36. The quantitative estimate of drug-likeness (QED) is 0.747.